The van der Waals surface area contributed by atoms with Crippen LogP contribution in [0.4, 0.5) is 0 Å². The van der Waals surface area contributed by atoms with E-state index in [-0.39, 0.29) is 0 Å². The Balaban J connectivity index is 0.986. The number of fused-ring (bicyclic) bond motifs is 7. The molecule has 66 heavy (non-hydrogen) atoms. The van der Waals surface area contributed by atoms with Gasteiger partial charge in [-0.2, -0.15) is 0 Å². The third-order valence-corrected chi connectivity index (χ3v) is 14.0. The van der Waals surface area contributed by atoms with Crippen molar-refractivity contribution in [2.75, 3.05) is 0 Å². The van der Waals surface area contributed by atoms with Gasteiger partial charge in [-0.05, 0) is 75.0 Å². The van der Waals surface area contributed by atoms with Gasteiger partial charge in [0.2, 0.25) is 0 Å². The Labute approximate surface area is 385 Å². The van der Waals surface area contributed by atoms with E-state index >= 15 is 0 Å². The molecule has 0 aliphatic rings. The van der Waals surface area contributed by atoms with Crippen LogP contribution in [0.3, 0.4) is 0 Å². The normalized spacial score (nSPS) is 11.6. The Hall–Kier alpha value is -8.51. The Morgan fingerprint density at radius 3 is 1.59 bits per heavy atom. The summed E-state index contributed by atoms with van der Waals surface area (Å²) in [6, 6.07) is 82.3. The van der Waals surface area contributed by atoms with E-state index in [2.05, 4.69) is 235 Å². The van der Waals surface area contributed by atoms with Crippen molar-refractivity contribution in [1.82, 2.24) is 19.5 Å². The molecule has 0 atom stereocenters. The highest BCUT2D eigenvalue weighted by atomic mass is 32.1. The molecule has 0 saturated carbocycles. The summed E-state index contributed by atoms with van der Waals surface area (Å²) in [6.45, 7) is 0. The molecule has 0 unspecified atom stereocenters. The summed E-state index contributed by atoms with van der Waals surface area (Å²) >= 11 is 1.84. The molecule has 0 fully saturated rings. The zero-order valence-electron chi connectivity index (χ0n) is 35.6. The van der Waals surface area contributed by atoms with E-state index < -0.39 is 0 Å². The smallest absolute Gasteiger partial charge is 0.164 e. The van der Waals surface area contributed by atoms with Gasteiger partial charge in [0, 0.05) is 53.2 Å². The molecular weight excluding hydrogens is 821 g/mol. The lowest BCUT2D eigenvalue weighted by molar-refractivity contribution is 1.07. The van der Waals surface area contributed by atoms with Gasteiger partial charge in [0.05, 0.1) is 16.7 Å². The first-order valence-electron chi connectivity index (χ1n) is 22.3. The molecule has 3 aromatic heterocycles. The standard InChI is InChI=1S/C61H38N4S/c1-2-14-41(15-3-1)49-34-33-46(37-56(49)65-54-25-9-6-21-50(54)51-22-7-10-26-55(51)65)61-63-59(42-30-28-39(29-31-42)43-32-35-53-52-23-8-11-27-57(52)66-58(53)38-43)62-60(64-61)45-19-12-18-44(36-45)48-24-13-17-40-16-4-5-20-47(40)48/h1-38H. The Bertz CT molecular complexity index is 3940. The molecule has 5 heteroatoms. The fourth-order valence-electron chi connectivity index (χ4n) is 9.68. The quantitative estimate of drug-likeness (QED) is 0.160. The average molecular weight is 859 g/mol. The van der Waals surface area contributed by atoms with Crippen molar-refractivity contribution < 1.29 is 0 Å². The van der Waals surface area contributed by atoms with Gasteiger partial charge < -0.3 is 4.57 Å². The van der Waals surface area contributed by atoms with Crippen LogP contribution in [0.25, 0.3) is 126 Å². The van der Waals surface area contributed by atoms with E-state index in [1.54, 1.807) is 0 Å². The highest BCUT2D eigenvalue weighted by molar-refractivity contribution is 7.25. The first-order valence-corrected chi connectivity index (χ1v) is 23.1. The van der Waals surface area contributed by atoms with Crippen LogP contribution in [-0.2, 0) is 0 Å². The number of thiophene rings is 1. The van der Waals surface area contributed by atoms with Gasteiger partial charge in [-0.1, -0.05) is 194 Å². The molecule has 3 heterocycles. The van der Waals surface area contributed by atoms with Crippen molar-refractivity contribution in [3.63, 3.8) is 0 Å². The zero-order valence-corrected chi connectivity index (χ0v) is 36.5. The molecule has 0 N–H and O–H groups in total. The molecule has 10 aromatic carbocycles. The van der Waals surface area contributed by atoms with Crippen molar-refractivity contribution in [1.29, 1.82) is 0 Å². The maximum Gasteiger partial charge on any atom is 0.164 e. The van der Waals surface area contributed by atoms with Gasteiger partial charge in [0.15, 0.2) is 17.5 Å². The number of rotatable bonds is 7. The maximum atomic E-state index is 5.33. The van der Waals surface area contributed by atoms with E-state index in [0.29, 0.717) is 17.5 Å². The van der Waals surface area contributed by atoms with Crippen molar-refractivity contribution in [2.45, 2.75) is 0 Å². The number of aromatic nitrogens is 4. The molecule has 0 aliphatic carbocycles. The molecule has 0 amide bonds. The average Bonchev–Trinajstić information content (AvgIpc) is 3.94. The third-order valence-electron chi connectivity index (χ3n) is 12.9. The number of para-hydroxylation sites is 2. The van der Waals surface area contributed by atoms with Crippen LogP contribution in [0.5, 0.6) is 0 Å². The van der Waals surface area contributed by atoms with Crippen LogP contribution in [0, 0.1) is 0 Å². The molecule has 4 nitrogen and oxygen atoms in total. The van der Waals surface area contributed by atoms with E-state index in [1.807, 2.05) is 11.3 Å². The number of benzene rings is 10. The van der Waals surface area contributed by atoms with Crippen LogP contribution < -0.4 is 0 Å². The molecule has 0 radical (unpaired) electrons. The monoisotopic (exact) mass is 858 g/mol. The Morgan fingerprint density at radius 2 is 0.818 bits per heavy atom. The van der Waals surface area contributed by atoms with E-state index in [0.717, 1.165) is 55.7 Å². The predicted octanol–water partition coefficient (Wildman–Crippen LogP) is 16.5. The minimum atomic E-state index is 0.603. The second-order valence-electron chi connectivity index (χ2n) is 16.8. The van der Waals surface area contributed by atoms with Crippen LogP contribution >= 0.6 is 11.3 Å². The molecule has 0 aliphatic heterocycles. The second kappa shape index (κ2) is 15.6. The SMILES string of the molecule is c1ccc(-c2ccc(-c3nc(-c4ccc(-c5ccc6c(c5)sc5ccccc56)cc4)nc(-c4cccc(-c5cccc6ccccc56)c4)n3)cc2-n2c3ccccc3c3ccccc32)cc1. The van der Waals surface area contributed by atoms with Crippen LogP contribution in [0.1, 0.15) is 0 Å². The molecule has 0 bridgehead atoms. The molecule has 0 saturated heterocycles. The molecular formula is C61H38N4S. The minimum Gasteiger partial charge on any atom is -0.309 e. The van der Waals surface area contributed by atoms with E-state index in [1.165, 1.54) is 52.8 Å². The Morgan fingerprint density at radius 1 is 0.288 bits per heavy atom. The minimum absolute atomic E-state index is 0.603. The lowest BCUT2D eigenvalue weighted by Crippen LogP contribution is -2.02. The maximum absolute atomic E-state index is 5.33. The highest BCUT2D eigenvalue weighted by Gasteiger charge is 2.20. The van der Waals surface area contributed by atoms with Gasteiger partial charge in [-0.3, -0.25) is 0 Å². The van der Waals surface area contributed by atoms with Gasteiger partial charge in [-0.15, -0.1) is 11.3 Å². The van der Waals surface area contributed by atoms with E-state index in [9.17, 15) is 0 Å². The first-order chi connectivity index (χ1) is 32.7. The largest absolute Gasteiger partial charge is 0.309 e. The molecule has 0 spiro atoms. The second-order valence-corrected chi connectivity index (χ2v) is 17.9. The summed E-state index contributed by atoms with van der Waals surface area (Å²) in [6.07, 6.45) is 0. The third kappa shape index (κ3) is 6.48. The summed E-state index contributed by atoms with van der Waals surface area (Å²) in [5.74, 6) is 1.83. The van der Waals surface area contributed by atoms with Gasteiger partial charge in [0.1, 0.15) is 0 Å². The fourth-order valence-corrected chi connectivity index (χ4v) is 10.8. The lowest BCUT2D eigenvalue weighted by atomic mass is 9.97. The van der Waals surface area contributed by atoms with Crippen molar-refractivity contribution in [3.05, 3.63) is 231 Å². The van der Waals surface area contributed by atoms with Crippen LogP contribution in [0.15, 0.2) is 231 Å². The molecule has 13 aromatic rings. The zero-order chi connectivity index (χ0) is 43.6. The first kappa shape index (κ1) is 38.0. The van der Waals surface area contributed by atoms with Gasteiger partial charge >= 0.3 is 0 Å². The van der Waals surface area contributed by atoms with Crippen molar-refractivity contribution in [3.8, 4) is 73.2 Å². The summed E-state index contributed by atoms with van der Waals surface area (Å²) in [7, 11) is 0. The lowest BCUT2D eigenvalue weighted by Gasteiger charge is -2.16. The molecule has 13 rings (SSSR count). The summed E-state index contributed by atoms with van der Waals surface area (Å²) in [5.41, 5.74) is 12.9. The van der Waals surface area contributed by atoms with E-state index in [4.69, 9.17) is 15.0 Å². The van der Waals surface area contributed by atoms with Gasteiger partial charge in [0.25, 0.3) is 0 Å². The highest BCUT2D eigenvalue weighted by Crippen LogP contribution is 2.40. The van der Waals surface area contributed by atoms with Crippen LogP contribution in [0.2, 0.25) is 0 Å². The Kier molecular flexibility index (Phi) is 9.00. The van der Waals surface area contributed by atoms with Crippen molar-refractivity contribution in [2.24, 2.45) is 0 Å². The van der Waals surface area contributed by atoms with Crippen molar-refractivity contribution >= 4 is 64.1 Å². The summed E-state index contributed by atoms with van der Waals surface area (Å²) < 4.78 is 4.98. The number of hydrogen-bond donors (Lipinski definition) is 0. The topological polar surface area (TPSA) is 43.6 Å². The summed E-state index contributed by atoms with van der Waals surface area (Å²) in [4.78, 5) is 15.9. The molecule has 308 valence electrons. The number of nitrogens with zero attached hydrogens (tertiary/aromatic N) is 4. The van der Waals surface area contributed by atoms with Gasteiger partial charge in [-0.25, -0.2) is 15.0 Å². The van der Waals surface area contributed by atoms with Crippen LogP contribution in [-0.4, -0.2) is 19.5 Å². The predicted molar refractivity (Wildman–Crippen MR) is 277 cm³/mol. The fraction of sp³-hybridized carbons (Fsp3) is 0. The number of hydrogen-bond acceptors (Lipinski definition) is 4. The summed E-state index contributed by atoms with van der Waals surface area (Å²) in [5, 5.41) is 7.43.